The van der Waals surface area contributed by atoms with Gasteiger partial charge in [-0.3, -0.25) is 9.78 Å². The van der Waals surface area contributed by atoms with Crippen LogP contribution < -0.4 is 10.2 Å². The van der Waals surface area contributed by atoms with Gasteiger partial charge in [-0.2, -0.15) is 0 Å². The van der Waals surface area contributed by atoms with E-state index < -0.39 is 5.82 Å². The highest BCUT2D eigenvalue weighted by Crippen LogP contribution is 2.26. The number of rotatable bonds is 3. The zero-order valence-electron chi connectivity index (χ0n) is 15.1. The number of halogens is 2. The molecule has 0 aliphatic heterocycles. The summed E-state index contributed by atoms with van der Waals surface area (Å²) in [5, 5.41) is 0.122. The molecular formula is C20H20ClFN2O2. The second kappa shape index (κ2) is 8.63. The fraction of sp³-hybridized carbons (Fsp3) is 0.200. The topological polar surface area (TPSA) is 55.0 Å². The Hall–Kier alpha value is -2.66. The number of benzene rings is 1. The molecule has 2 aromatic heterocycles. The van der Waals surface area contributed by atoms with Crippen molar-refractivity contribution in [1.29, 1.82) is 0 Å². The highest BCUT2D eigenvalue weighted by atomic mass is 35.5. The van der Waals surface area contributed by atoms with Crippen molar-refractivity contribution in [2.45, 2.75) is 20.8 Å². The van der Waals surface area contributed by atoms with Crippen LogP contribution in [-0.4, -0.2) is 17.1 Å². The number of pyridine rings is 2. The van der Waals surface area contributed by atoms with E-state index in [4.69, 9.17) is 16.3 Å². The van der Waals surface area contributed by atoms with E-state index in [1.165, 1.54) is 19.4 Å². The normalized spacial score (nSPS) is 10.1. The number of aryl methyl sites for hydroxylation is 1. The largest absolute Gasteiger partial charge is 0.494 e. The van der Waals surface area contributed by atoms with Gasteiger partial charge in [0.1, 0.15) is 5.02 Å². The molecule has 1 N–H and O–H groups in total. The number of H-pyrrole nitrogens is 1. The van der Waals surface area contributed by atoms with E-state index in [0.29, 0.717) is 28.1 Å². The molecular weight excluding hydrogens is 355 g/mol. The first-order chi connectivity index (χ1) is 12.5. The highest BCUT2D eigenvalue weighted by molar-refractivity contribution is 6.30. The molecule has 0 amide bonds. The van der Waals surface area contributed by atoms with Crippen molar-refractivity contribution in [2.24, 2.45) is 0 Å². The van der Waals surface area contributed by atoms with Gasteiger partial charge in [-0.05, 0) is 31.2 Å². The second-order valence-electron chi connectivity index (χ2n) is 5.25. The van der Waals surface area contributed by atoms with Crippen LogP contribution in [0.5, 0.6) is 5.75 Å². The van der Waals surface area contributed by atoms with E-state index >= 15 is 0 Å². The summed E-state index contributed by atoms with van der Waals surface area (Å²) < 4.78 is 18.7. The minimum Gasteiger partial charge on any atom is -0.494 e. The van der Waals surface area contributed by atoms with Crippen LogP contribution in [0.3, 0.4) is 0 Å². The first-order valence-electron chi connectivity index (χ1n) is 8.19. The first-order valence-corrected chi connectivity index (χ1v) is 8.57. The monoisotopic (exact) mass is 374 g/mol. The number of methoxy groups -OCH3 is 1. The average Bonchev–Trinajstić information content (AvgIpc) is 2.67. The van der Waals surface area contributed by atoms with Gasteiger partial charge in [-0.25, -0.2) is 4.39 Å². The van der Waals surface area contributed by atoms with Gasteiger partial charge in [0, 0.05) is 29.2 Å². The maximum Gasteiger partial charge on any atom is 0.208 e. The number of hydrogen-bond acceptors (Lipinski definition) is 3. The minimum atomic E-state index is -0.456. The molecule has 0 aliphatic carbocycles. The average molecular weight is 375 g/mol. The number of ether oxygens (including phenoxy) is 1. The summed E-state index contributed by atoms with van der Waals surface area (Å²) in [6.07, 6.45) is 3.04. The van der Waals surface area contributed by atoms with Gasteiger partial charge in [0.25, 0.3) is 0 Å². The number of aromatic nitrogens is 2. The van der Waals surface area contributed by atoms with Crippen molar-refractivity contribution in [3.8, 4) is 28.1 Å². The smallest absolute Gasteiger partial charge is 0.208 e. The first kappa shape index (κ1) is 19.7. The van der Waals surface area contributed by atoms with Crippen LogP contribution in [0, 0.1) is 12.7 Å². The minimum absolute atomic E-state index is 0.122. The molecule has 0 atom stereocenters. The number of hydrogen-bond donors (Lipinski definition) is 1. The molecule has 3 aromatic rings. The van der Waals surface area contributed by atoms with Crippen LogP contribution >= 0.6 is 11.6 Å². The van der Waals surface area contributed by atoms with Crippen molar-refractivity contribution >= 4 is 11.6 Å². The quantitative estimate of drug-likeness (QED) is 0.682. The van der Waals surface area contributed by atoms with E-state index in [0.717, 1.165) is 0 Å². The van der Waals surface area contributed by atoms with Gasteiger partial charge in [-0.1, -0.05) is 31.5 Å². The van der Waals surface area contributed by atoms with Crippen molar-refractivity contribution in [1.82, 2.24) is 9.97 Å². The van der Waals surface area contributed by atoms with Gasteiger partial charge < -0.3 is 9.72 Å². The number of aromatic amines is 1. The Balaban J connectivity index is 0.00000117. The van der Waals surface area contributed by atoms with Gasteiger partial charge in [0.05, 0.1) is 18.4 Å². The molecule has 0 saturated carbocycles. The van der Waals surface area contributed by atoms with E-state index in [1.807, 2.05) is 13.8 Å². The van der Waals surface area contributed by atoms with Crippen LogP contribution in [0.25, 0.3) is 22.4 Å². The summed E-state index contributed by atoms with van der Waals surface area (Å²) in [7, 11) is 1.41. The summed E-state index contributed by atoms with van der Waals surface area (Å²) in [6.45, 7) is 5.79. The molecule has 0 saturated heterocycles. The molecule has 3 rings (SSSR count). The zero-order valence-corrected chi connectivity index (χ0v) is 15.8. The van der Waals surface area contributed by atoms with Gasteiger partial charge in [0.2, 0.25) is 5.43 Å². The molecule has 2 heterocycles. The molecule has 6 heteroatoms. The van der Waals surface area contributed by atoms with Gasteiger partial charge >= 0.3 is 0 Å². The summed E-state index contributed by atoms with van der Waals surface area (Å²) in [5.41, 5.74) is 2.79. The van der Waals surface area contributed by atoms with Crippen molar-refractivity contribution < 1.29 is 9.13 Å². The predicted octanol–water partition coefficient (Wildman–Crippen LogP) is 5.24. The molecule has 0 fully saturated rings. The van der Waals surface area contributed by atoms with E-state index in [2.05, 4.69) is 9.97 Å². The molecule has 0 spiro atoms. The maximum atomic E-state index is 13.8. The fourth-order valence-electron chi connectivity index (χ4n) is 2.48. The summed E-state index contributed by atoms with van der Waals surface area (Å²) in [6, 6.07) is 8.13. The third kappa shape index (κ3) is 3.94. The third-order valence-electron chi connectivity index (χ3n) is 3.73. The van der Waals surface area contributed by atoms with Crippen molar-refractivity contribution in [3.05, 3.63) is 69.5 Å². The Morgan fingerprint density at radius 3 is 2.42 bits per heavy atom. The molecule has 26 heavy (non-hydrogen) atoms. The Labute approximate surface area is 156 Å². The fourth-order valence-corrected chi connectivity index (χ4v) is 2.63. The molecule has 0 bridgehead atoms. The predicted molar refractivity (Wildman–Crippen MR) is 103 cm³/mol. The van der Waals surface area contributed by atoms with Crippen LogP contribution in [0.15, 0.2) is 47.5 Å². The van der Waals surface area contributed by atoms with E-state index in [1.54, 1.807) is 37.4 Å². The zero-order chi connectivity index (χ0) is 19.3. The Morgan fingerprint density at radius 2 is 1.85 bits per heavy atom. The van der Waals surface area contributed by atoms with Crippen LogP contribution in [0.2, 0.25) is 5.02 Å². The Morgan fingerprint density at radius 1 is 1.15 bits per heavy atom. The Kier molecular flexibility index (Phi) is 6.52. The van der Waals surface area contributed by atoms with Crippen molar-refractivity contribution in [2.75, 3.05) is 7.11 Å². The summed E-state index contributed by atoms with van der Waals surface area (Å²) in [4.78, 5) is 19.5. The SMILES string of the molecule is CC.COc1ccc(-c2ccc(-c3c(C)[nH]cc(Cl)c3=O)cn2)cc1F. The van der Waals surface area contributed by atoms with Gasteiger partial charge in [-0.15, -0.1) is 0 Å². The lowest BCUT2D eigenvalue weighted by atomic mass is 10.0. The molecule has 0 aliphatic rings. The lowest BCUT2D eigenvalue weighted by Gasteiger charge is -2.08. The maximum absolute atomic E-state index is 13.8. The molecule has 1 aromatic carbocycles. The lowest BCUT2D eigenvalue weighted by molar-refractivity contribution is 0.386. The van der Waals surface area contributed by atoms with Crippen LogP contribution in [0.1, 0.15) is 19.5 Å². The molecule has 4 nitrogen and oxygen atoms in total. The molecule has 0 radical (unpaired) electrons. The van der Waals surface area contributed by atoms with E-state index in [-0.39, 0.29) is 16.2 Å². The van der Waals surface area contributed by atoms with Gasteiger partial charge in [0.15, 0.2) is 11.6 Å². The summed E-state index contributed by atoms with van der Waals surface area (Å²) >= 11 is 5.89. The summed E-state index contributed by atoms with van der Waals surface area (Å²) in [5.74, 6) is -0.278. The van der Waals surface area contributed by atoms with Crippen LogP contribution in [-0.2, 0) is 0 Å². The molecule has 0 unspecified atom stereocenters. The van der Waals surface area contributed by atoms with E-state index in [9.17, 15) is 9.18 Å². The highest BCUT2D eigenvalue weighted by Gasteiger charge is 2.12. The van der Waals surface area contributed by atoms with Crippen LogP contribution in [0.4, 0.5) is 4.39 Å². The number of nitrogens with zero attached hydrogens (tertiary/aromatic N) is 1. The Bertz CT molecular complexity index is 953. The number of nitrogens with one attached hydrogen (secondary N) is 1. The molecule has 136 valence electrons. The third-order valence-corrected chi connectivity index (χ3v) is 4.01. The lowest BCUT2D eigenvalue weighted by Crippen LogP contribution is -2.09. The van der Waals surface area contributed by atoms with Crippen molar-refractivity contribution in [3.63, 3.8) is 0 Å². The second-order valence-corrected chi connectivity index (χ2v) is 5.65. The standard InChI is InChI=1S/C18H14ClFN2O2.C2H6/c1-10-17(18(23)13(19)9-21-10)12-3-5-15(22-8-12)11-4-6-16(24-2)14(20)7-11;1-2/h3-9H,1-2H3,(H,21,23);1-2H3.